The van der Waals surface area contributed by atoms with Crippen LogP contribution < -0.4 is 0 Å². The molecule has 92 valence electrons. The summed E-state index contributed by atoms with van der Waals surface area (Å²) in [7, 11) is 0. The van der Waals surface area contributed by atoms with Crippen LogP contribution in [-0.4, -0.2) is 15.0 Å². The van der Waals surface area contributed by atoms with Gasteiger partial charge in [0.2, 0.25) is 0 Å². The molecule has 0 saturated heterocycles. The van der Waals surface area contributed by atoms with Crippen LogP contribution in [0.3, 0.4) is 0 Å². The van der Waals surface area contributed by atoms with Gasteiger partial charge in [-0.15, -0.1) is 5.10 Å². The lowest BCUT2D eigenvalue weighted by Gasteiger charge is -2.13. The highest BCUT2D eigenvalue weighted by atomic mass is 19.4. The molecule has 1 rings (SSSR count). The summed E-state index contributed by atoms with van der Waals surface area (Å²) in [5.74, 6) is 0. The van der Waals surface area contributed by atoms with E-state index in [1.807, 2.05) is 6.92 Å². The fraction of sp³-hybridized carbons (Fsp3) is 0.800. The number of nitrogens with zero attached hydrogens (tertiary/aromatic N) is 3. The number of halogens is 3. The van der Waals surface area contributed by atoms with Crippen molar-refractivity contribution in [1.29, 1.82) is 0 Å². The van der Waals surface area contributed by atoms with Crippen LogP contribution in [0.25, 0.3) is 0 Å². The van der Waals surface area contributed by atoms with Gasteiger partial charge in [-0.3, -0.25) is 0 Å². The van der Waals surface area contributed by atoms with Gasteiger partial charge >= 0.3 is 6.18 Å². The van der Waals surface area contributed by atoms with E-state index in [-0.39, 0.29) is 11.7 Å². The molecule has 0 N–H and O–H groups in total. The van der Waals surface area contributed by atoms with Crippen molar-refractivity contribution in [3.63, 3.8) is 0 Å². The Morgan fingerprint density at radius 1 is 1.31 bits per heavy atom. The van der Waals surface area contributed by atoms with Crippen LogP contribution in [0, 0.1) is 0 Å². The topological polar surface area (TPSA) is 30.7 Å². The minimum Gasteiger partial charge on any atom is -0.237 e. The standard InChI is InChI=1S/C10H16F3N3/c1-4-5-6-8-9(10(11,12)13)16(7(2)3)15-14-8/h7H,4-6H2,1-3H3. The third kappa shape index (κ3) is 2.74. The third-order valence-corrected chi connectivity index (χ3v) is 2.29. The number of hydrogen-bond acceptors (Lipinski definition) is 2. The predicted octanol–water partition coefficient (Wildman–Crippen LogP) is 3.22. The van der Waals surface area contributed by atoms with E-state index in [1.165, 1.54) is 0 Å². The van der Waals surface area contributed by atoms with Crippen LogP contribution in [0.15, 0.2) is 0 Å². The Morgan fingerprint density at radius 2 is 1.94 bits per heavy atom. The van der Waals surface area contributed by atoms with Crippen LogP contribution >= 0.6 is 0 Å². The van der Waals surface area contributed by atoms with Gasteiger partial charge in [-0.25, -0.2) is 4.68 Å². The normalized spacial score (nSPS) is 12.4. The molecular formula is C10H16F3N3. The van der Waals surface area contributed by atoms with Crippen LogP contribution in [0.2, 0.25) is 0 Å². The van der Waals surface area contributed by atoms with Crippen LogP contribution in [-0.2, 0) is 12.6 Å². The van der Waals surface area contributed by atoms with Gasteiger partial charge in [0.1, 0.15) is 0 Å². The lowest BCUT2D eigenvalue weighted by molar-refractivity contribution is -0.145. The molecule has 16 heavy (non-hydrogen) atoms. The van der Waals surface area contributed by atoms with E-state index < -0.39 is 11.9 Å². The highest BCUT2D eigenvalue weighted by Crippen LogP contribution is 2.33. The number of aryl methyl sites for hydroxylation is 1. The van der Waals surface area contributed by atoms with E-state index in [0.717, 1.165) is 11.1 Å². The molecular weight excluding hydrogens is 219 g/mol. The maximum absolute atomic E-state index is 12.8. The van der Waals surface area contributed by atoms with E-state index in [1.54, 1.807) is 13.8 Å². The van der Waals surface area contributed by atoms with Crippen LogP contribution in [0.4, 0.5) is 13.2 Å². The fourth-order valence-corrected chi connectivity index (χ4v) is 1.49. The molecule has 0 unspecified atom stereocenters. The highest BCUT2D eigenvalue weighted by molar-refractivity contribution is 5.14. The van der Waals surface area contributed by atoms with Gasteiger partial charge in [-0.2, -0.15) is 13.2 Å². The summed E-state index contributed by atoms with van der Waals surface area (Å²) in [6, 6.07) is -0.334. The second-order valence-corrected chi connectivity index (χ2v) is 4.02. The molecule has 0 bridgehead atoms. The molecule has 3 nitrogen and oxygen atoms in total. The monoisotopic (exact) mass is 235 g/mol. The molecule has 0 amide bonds. The molecule has 6 heteroatoms. The van der Waals surface area contributed by atoms with E-state index >= 15 is 0 Å². The third-order valence-electron chi connectivity index (χ3n) is 2.29. The average Bonchev–Trinajstić information content (AvgIpc) is 2.57. The number of hydrogen-bond donors (Lipinski definition) is 0. The molecule has 0 radical (unpaired) electrons. The van der Waals surface area contributed by atoms with E-state index in [9.17, 15) is 13.2 Å². The zero-order valence-electron chi connectivity index (χ0n) is 9.67. The highest BCUT2D eigenvalue weighted by Gasteiger charge is 2.39. The van der Waals surface area contributed by atoms with E-state index in [2.05, 4.69) is 10.3 Å². The second kappa shape index (κ2) is 4.84. The zero-order valence-corrected chi connectivity index (χ0v) is 9.67. The fourth-order valence-electron chi connectivity index (χ4n) is 1.49. The van der Waals surface area contributed by atoms with Gasteiger partial charge in [0.25, 0.3) is 0 Å². The van der Waals surface area contributed by atoms with Crippen molar-refractivity contribution in [2.75, 3.05) is 0 Å². The first-order chi connectivity index (χ1) is 7.38. The molecule has 0 spiro atoms. The first-order valence-electron chi connectivity index (χ1n) is 5.39. The maximum atomic E-state index is 12.8. The smallest absolute Gasteiger partial charge is 0.237 e. The predicted molar refractivity (Wildman–Crippen MR) is 54.0 cm³/mol. The second-order valence-electron chi connectivity index (χ2n) is 4.02. The van der Waals surface area contributed by atoms with Crippen LogP contribution in [0.5, 0.6) is 0 Å². The summed E-state index contributed by atoms with van der Waals surface area (Å²) in [4.78, 5) is 0. The first kappa shape index (κ1) is 13.0. The minimum atomic E-state index is -4.38. The molecule has 0 aliphatic heterocycles. The largest absolute Gasteiger partial charge is 0.434 e. The molecule has 1 heterocycles. The van der Waals surface area contributed by atoms with Crippen molar-refractivity contribution in [3.05, 3.63) is 11.4 Å². The van der Waals surface area contributed by atoms with Gasteiger partial charge in [0.15, 0.2) is 5.69 Å². The SMILES string of the molecule is CCCCc1nnn(C(C)C)c1C(F)(F)F. The quantitative estimate of drug-likeness (QED) is 0.802. The van der Waals surface area contributed by atoms with Gasteiger partial charge in [0.05, 0.1) is 5.69 Å². The lowest BCUT2D eigenvalue weighted by Crippen LogP contribution is -2.18. The molecule has 0 fully saturated rings. The molecule has 0 aromatic carbocycles. The Morgan fingerprint density at radius 3 is 2.38 bits per heavy atom. The van der Waals surface area contributed by atoms with E-state index in [4.69, 9.17) is 0 Å². The zero-order chi connectivity index (χ0) is 12.3. The van der Waals surface area contributed by atoms with Gasteiger partial charge < -0.3 is 0 Å². The number of rotatable bonds is 4. The Hall–Kier alpha value is -1.07. The van der Waals surface area contributed by atoms with E-state index in [0.29, 0.717) is 12.8 Å². The Kier molecular flexibility index (Phi) is 3.93. The maximum Gasteiger partial charge on any atom is 0.434 e. The van der Waals surface area contributed by atoms with Gasteiger partial charge in [0, 0.05) is 6.04 Å². The summed E-state index contributed by atoms with van der Waals surface area (Å²) in [5, 5.41) is 7.22. The Bertz CT molecular complexity index is 342. The minimum absolute atomic E-state index is 0.0584. The van der Waals surface area contributed by atoms with Crippen molar-refractivity contribution in [3.8, 4) is 0 Å². The molecule has 1 aromatic rings. The van der Waals surface area contributed by atoms with Crippen LogP contribution in [0.1, 0.15) is 51.0 Å². The van der Waals surface area contributed by atoms with Crippen molar-refractivity contribution in [2.24, 2.45) is 0 Å². The summed E-state index contributed by atoms with van der Waals surface area (Å²) >= 11 is 0. The molecule has 0 atom stereocenters. The Labute approximate surface area is 92.6 Å². The molecule has 0 aliphatic rings. The molecule has 1 aromatic heterocycles. The van der Waals surface area contributed by atoms with Crippen molar-refractivity contribution < 1.29 is 13.2 Å². The molecule has 0 aliphatic carbocycles. The van der Waals surface area contributed by atoms with Crippen molar-refractivity contribution in [2.45, 2.75) is 52.3 Å². The van der Waals surface area contributed by atoms with Gasteiger partial charge in [-0.05, 0) is 26.7 Å². The number of unbranched alkanes of at least 4 members (excludes halogenated alkanes) is 1. The number of alkyl halides is 3. The Balaban J connectivity index is 3.10. The summed E-state index contributed by atoms with van der Waals surface area (Å²) in [6.07, 6.45) is -2.51. The summed E-state index contributed by atoms with van der Waals surface area (Å²) in [6.45, 7) is 5.25. The van der Waals surface area contributed by atoms with Crippen molar-refractivity contribution in [1.82, 2.24) is 15.0 Å². The van der Waals surface area contributed by atoms with Crippen molar-refractivity contribution >= 4 is 0 Å². The number of aromatic nitrogens is 3. The average molecular weight is 235 g/mol. The lowest BCUT2D eigenvalue weighted by atomic mass is 10.1. The first-order valence-corrected chi connectivity index (χ1v) is 5.39. The summed E-state index contributed by atoms with van der Waals surface area (Å²) in [5.41, 5.74) is -0.640. The van der Waals surface area contributed by atoms with Gasteiger partial charge in [-0.1, -0.05) is 18.6 Å². The molecule has 0 saturated carbocycles. The summed E-state index contributed by atoms with van der Waals surface area (Å²) < 4.78 is 39.4.